The normalized spacial score (nSPS) is 23.8. The molecule has 0 spiro atoms. The van der Waals surface area contributed by atoms with Gasteiger partial charge in [-0.3, -0.25) is 14.8 Å². The van der Waals surface area contributed by atoms with Crippen LogP contribution >= 0.6 is 0 Å². The molecule has 0 amide bonds. The van der Waals surface area contributed by atoms with Gasteiger partial charge in [0, 0.05) is 5.92 Å². The van der Waals surface area contributed by atoms with Gasteiger partial charge in [0.05, 0.1) is 0 Å². The summed E-state index contributed by atoms with van der Waals surface area (Å²) in [7, 11) is 0. The van der Waals surface area contributed by atoms with E-state index in [0.29, 0.717) is 23.6 Å². The summed E-state index contributed by atoms with van der Waals surface area (Å²) in [6.07, 6.45) is 4.44. The molecule has 5 N–H and O–H groups in total. The largest absolute Gasteiger partial charge is 0.336 e. The summed E-state index contributed by atoms with van der Waals surface area (Å²) in [5.41, 5.74) is 5.50. The van der Waals surface area contributed by atoms with Crippen LogP contribution in [0.2, 0.25) is 0 Å². The molecule has 1 fully saturated rings. The lowest BCUT2D eigenvalue weighted by Crippen LogP contribution is -2.26. The molecule has 2 unspecified atom stereocenters. The van der Waals surface area contributed by atoms with Crippen molar-refractivity contribution >= 4 is 11.2 Å². The van der Waals surface area contributed by atoms with Crippen molar-refractivity contribution in [3.8, 4) is 0 Å². The standard InChI is InChI=1S/C12H17N5O2/c13-5-6-3-1-2-4-7(6)9-14-8-10(15-9)16-12(19)17-11(8)18/h6-7H,1-5,13H2,(H3,14,15,16,17,18,19). The van der Waals surface area contributed by atoms with Gasteiger partial charge in [-0.2, -0.15) is 0 Å². The quantitative estimate of drug-likeness (QED) is 0.617. The molecule has 2 aromatic rings. The average molecular weight is 263 g/mol. The van der Waals surface area contributed by atoms with Crippen molar-refractivity contribution in [2.45, 2.75) is 31.6 Å². The highest BCUT2D eigenvalue weighted by atomic mass is 16.2. The molecule has 3 rings (SSSR count). The third-order valence-corrected chi connectivity index (χ3v) is 3.97. The van der Waals surface area contributed by atoms with Gasteiger partial charge in [0.15, 0.2) is 5.65 Å². The lowest BCUT2D eigenvalue weighted by atomic mass is 9.79. The summed E-state index contributed by atoms with van der Waals surface area (Å²) in [4.78, 5) is 35.0. The Hall–Kier alpha value is -1.89. The van der Waals surface area contributed by atoms with Crippen molar-refractivity contribution in [3.05, 3.63) is 26.7 Å². The first-order chi connectivity index (χ1) is 9.19. The van der Waals surface area contributed by atoms with E-state index in [1.807, 2.05) is 0 Å². The van der Waals surface area contributed by atoms with E-state index >= 15 is 0 Å². The molecule has 0 aromatic carbocycles. The Bertz CT molecular complexity index is 698. The van der Waals surface area contributed by atoms with Crippen LogP contribution in [0.3, 0.4) is 0 Å². The Kier molecular flexibility index (Phi) is 2.98. The number of nitrogens with one attached hydrogen (secondary N) is 3. The zero-order valence-corrected chi connectivity index (χ0v) is 10.5. The molecule has 2 aromatic heterocycles. The monoisotopic (exact) mass is 263 g/mol. The van der Waals surface area contributed by atoms with Crippen LogP contribution in [-0.4, -0.2) is 26.5 Å². The van der Waals surface area contributed by atoms with E-state index in [-0.39, 0.29) is 5.92 Å². The summed E-state index contributed by atoms with van der Waals surface area (Å²) >= 11 is 0. The molecule has 19 heavy (non-hydrogen) atoms. The Morgan fingerprint density at radius 1 is 1.16 bits per heavy atom. The van der Waals surface area contributed by atoms with Crippen molar-refractivity contribution in [3.63, 3.8) is 0 Å². The number of fused-ring (bicyclic) bond motifs is 1. The molecule has 7 nitrogen and oxygen atoms in total. The number of hydrogen-bond donors (Lipinski definition) is 4. The Morgan fingerprint density at radius 3 is 2.74 bits per heavy atom. The van der Waals surface area contributed by atoms with Crippen LogP contribution in [0, 0.1) is 5.92 Å². The maximum absolute atomic E-state index is 11.7. The SMILES string of the molecule is NCC1CCCCC1c1nc2[nH]c(=O)[nH]c(=O)c2[nH]1. The van der Waals surface area contributed by atoms with Crippen molar-refractivity contribution < 1.29 is 0 Å². The van der Waals surface area contributed by atoms with Crippen molar-refractivity contribution in [1.29, 1.82) is 0 Å². The van der Waals surface area contributed by atoms with Gasteiger partial charge in [0.25, 0.3) is 5.56 Å². The smallest absolute Gasteiger partial charge is 0.327 e. The predicted molar refractivity (Wildman–Crippen MR) is 71.1 cm³/mol. The molecule has 0 radical (unpaired) electrons. The lowest BCUT2D eigenvalue weighted by Gasteiger charge is -2.28. The van der Waals surface area contributed by atoms with Crippen molar-refractivity contribution in [2.24, 2.45) is 11.7 Å². The third kappa shape index (κ3) is 2.10. The summed E-state index contributed by atoms with van der Waals surface area (Å²) in [5.74, 6) is 1.40. The van der Waals surface area contributed by atoms with E-state index in [1.165, 1.54) is 6.42 Å². The summed E-state index contributed by atoms with van der Waals surface area (Å²) in [6, 6.07) is 0. The van der Waals surface area contributed by atoms with Crippen molar-refractivity contribution in [2.75, 3.05) is 6.54 Å². The van der Waals surface area contributed by atoms with Gasteiger partial charge in [0.1, 0.15) is 11.3 Å². The summed E-state index contributed by atoms with van der Waals surface area (Å²) in [6.45, 7) is 0.620. The number of aromatic nitrogens is 4. The van der Waals surface area contributed by atoms with Crippen LogP contribution < -0.4 is 17.0 Å². The maximum Gasteiger partial charge on any atom is 0.327 e. The molecule has 0 bridgehead atoms. The fourth-order valence-corrected chi connectivity index (χ4v) is 2.98. The highest BCUT2D eigenvalue weighted by Gasteiger charge is 2.28. The van der Waals surface area contributed by atoms with E-state index in [0.717, 1.165) is 25.1 Å². The minimum atomic E-state index is -0.533. The average Bonchev–Trinajstić information content (AvgIpc) is 2.82. The van der Waals surface area contributed by atoms with E-state index in [4.69, 9.17) is 5.73 Å². The number of H-pyrrole nitrogens is 3. The Labute approximate surface area is 108 Å². The second-order valence-electron chi connectivity index (χ2n) is 5.14. The van der Waals surface area contributed by atoms with Gasteiger partial charge in [-0.25, -0.2) is 9.78 Å². The van der Waals surface area contributed by atoms with E-state index in [9.17, 15) is 9.59 Å². The molecule has 1 aliphatic rings. The Balaban J connectivity index is 2.07. The molecule has 102 valence electrons. The third-order valence-electron chi connectivity index (χ3n) is 3.97. The number of aromatic amines is 3. The molecule has 1 saturated carbocycles. The second-order valence-corrected chi connectivity index (χ2v) is 5.14. The van der Waals surface area contributed by atoms with Gasteiger partial charge in [0.2, 0.25) is 0 Å². The zero-order chi connectivity index (χ0) is 13.4. The highest BCUT2D eigenvalue weighted by molar-refractivity contribution is 5.68. The Morgan fingerprint density at radius 2 is 1.95 bits per heavy atom. The molecular formula is C12H17N5O2. The fourth-order valence-electron chi connectivity index (χ4n) is 2.98. The van der Waals surface area contributed by atoms with E-state index < -0.39 is 11.2 Å². The first-order valence-corrected chi connectivity index (χ1v) is 6.61. The number of nitrogens with zero attached hydrogens (tertiary/aromatic N) is 1. The number of nitrogens with two attached hydrogens (primary N) is 1. The molecule has 2 heterocycles. The maximum atomic E-state index is 11.7. The van der Waals surface area contributed by atoms with Crippen LogP contribution in [0.5, 0.6) is 0 Å². The lowest BCUT2D eigenvalue weighted by molar-refractivity contribution is 0.306. The van der Waals surface area contributed by atoms with Gasteiger partial charge in [-0.1, -0.05) is 12.8 Å². The second kappa shape index (κ2) is 4.65. The number of imidazole rings is 1. The predicted octanol–water partition coefficient (Wildman–Crippen LogP) is 0.172. The first-order valence-electron chi connectivity index (χ1n) is 6.61. The fraction of sp³-hybridized carbons (Fsp3) is 0.583. The van der Waals surface area contributed by atoms with Crippen LogP contribution in [-0.2, 0) is 0 Å². The van der Waals surface area contributed by atoms with Crippen molar-refractivity contribution in [1.82, 2.24) is 19.9 Å². The van der Waals surface area contributed by atoms with Gasteiger partial charge >= 0.3 is 5.69 Å². The summed E-state index contributed by atoms with van der Waals surface area (Å²) < 4.78 is 0. The minimum Gasteiger partial charge on any atom is -0.336 e. The molecule has 0 saturated heterocycles. The van der Waals surface area contributed by atoms with Crippen LogP contribution in [0.25, 0.3) is 11.2 Å². The molecule has 7 heteroatoms. The molecule has 0 aliphatic heterocycles. The highest BCUT2D eigenvalue weighted by Crippen LogP contribution is 2.36. The van der Waals surface area contributed by atoms with Gasteiger partial charge < -0.3 is 10.7 Å². The van der Waals surface area contributed by atoms with E-state index in [2.05, 4.69) is 19.9 Å². The molecule has 2 atom stereocenters. The molecule has 1 aliphatic carbocycles. The van der Waals surface area contributed by atoms with Crippen LogP contribution in [0.1, 0.15) is 37.4 Å². The van der Waals surface area contributed by atoms with E-state index in [1.54, 1.807) is 0 Å². The van der Waals surface area contributed by atoms with Crippen LogP contribution in [0.4, 0.5) is 0 Å². The minimum absolute atomic E-state index is 0.244. The van der Waals surface area contributed by atoms with Crippen LogP contribution in [0.15, 0.2) is 9.59 Å². The zero-order valence-electron chi connectivity index (χ0n) is 10.5. The number of hydrogen-bond acceptors (Lipinski definition) is 4. The van der Waals surface area contributed by atoms with Gasteiger partial charge in [-0.15, -0.1) is 0 Å². The number of rotatable bonds is 2. The first kappa shape index (κ1) is 12.2. The van der Waals surface area contributed by atoms with Gasteiger partial charge in [-0.05, 0) is 25.3 Å². The summed E-state index contributed by atoms with van der Waals surface area (Å²) in [5, 5.41) is 0. The topological polar surface area (TPSA) is 120 Å². The molecular weight excluding hydrogens is 246 g/mol.